The van der Waals surface area contributed by atoms with Crippen molar-refractivity contribution in [1.29, 1.82) is 0 Å². The maximum Gasteiger partial charge on any atom is 0.319 e. The summed E-state index contributed by atoms with van der Waals surface area (Å²) < 4.78 is 0. The average Bonchev–Trinajstić information content (AvgIpc) is 2.28. The average molecular weight is 271 g/mol. The van der Waals surface area contributed by atoms with Crippen LogP contribution in [0.3, 0.4) is 0 Å². The standard InChI is InChI=1S/C12H16ClN3O2/c1-7(9-5-3-4-6-10(9)13)15-8(2)11(17)16-12(14)18/h3-8,15H,1-2H3,(H3,14,16,17,18)/p+1/t7-,8-/m1/s1. The van der Waals surface area contributed by atoms with Gasteiger partial charge < -0.3 is 11.1 Å². The van der Waals surface area contributed by atoms with Gasteiger partial charge in [-0.15, -0.1) is 0 Å². The van der Waals surface area contributed by atoms with Crippen molar-refractivity contribution in [2.75, 3.05) is 0 Å². The Balaban J connectivity index is 2.65. The first kappa shape index (κ1) is 14.5. The molecule has 6 heteroatoms. The Morgan fingerprint density at radius 1 is 1.33 bits per heavy atom. The van der Waals surface area contributed by atoms with E-state index in [1.807, 2.05) is 35.8 Å². The zero-order chi connectivity index (χ0) is 13.7. The van der Waals surface area contributed by atoms with Crippen molar-refractivity contribution >= 4 is 23.5 Å². The molecule has 18 heavy (non-hydrogen) atoms. The van der Waals surface area contributed by atoms with Gasteiger partial charge in [0.15, 0.2) is 6.04 Å². The van der Waals surface area contributed by atoms with Crippen LogP contribution in [0.5, 0.6) is 0 Å². The highest BCUT2D eigenvalue weighted by Crippen LogP contribution is 2.19. The zero-order valence-electron chi connectivity index (χ0n) is 10.3. The molecule has 0 bridgehead atoms. The van der Waals surface area contributed by atoms with Crippen LogP contribution in [0, 0.1) is 0 Å². The number of halogens is 1. The van der Waals surface area contributed by atoms with Gasteiger partial charge in [-0.3, -0.25) is 10.1 Å². The summed E-state index contributed by atoms with van der Waals surface area (Å²) in [7, 11) is 0. The van der Waals surface area contributed by atoms with Gasteiger partial charge in [0.2, 0.25) is 0 Å². The number of nitrogens with one attached hydrogen (secondary N) is 1. The van der Waals surface area contributed by atoms with E-state index in [1.54, 1.807) is 13.0 Å². The lowest BCUT2D eigenvalue weighted by molar-refractivity contribution is -0.710. The third-order valence-corrected chi connectivity index (χ3v) is 2.98. The molecule has 1 aromatic rings. The Bertz CT molecular complexity index is 451. The SMILES string of the molecule is C[C@@H]([NH2+][C@H](C)c1ccccc1Cl)C(=O)NC(N)=O. The molecule has 5 N–H and O–H groups in total. The smallest absolute Gasteiger partial charge is 0.319 e. The number of nitrogens with two attached hydrogens (primary N) is 2. The molecule has 0 radical (unpaired) electrons. The fraction of sp³-hybridized carbons (Fsp3) is 0.333. The van der Waals surface area contributed by atoms with Crippen LogP contribution in [-0.4, -0.2) is 18.0 Å². The molecule has 0 saturated carbocycles. The van der Waals surface area contributed by atoms with Gasteiger partial charge in [0.1, 0.15) is 6.04 Å². The predicted molar refractivity (Wildman–Crippen MR) is 69.0 cm³/mol. The maximum absolute atomic E-state index is 11.5. The van der Waals surface area contributed by atoms with Crippen LogP contribution in [0.4, 0.5) is 4.79 Å². The van der Waals surface area contributed by atoms with Gasteiger partial charge in [-0.25, -0.2) is 4.79 Å². The Morgan fingerprint density at radius 3 is 2.50 bits per heavy atom. The highest BCUT2D eigenvalue weighted by molar-refractivity contribution is 6.31. The summed E-state index contributed by atoms with van der Waals surface area (Å²) in [5.41, 5.74) is 5.83. The molecule has 0 unspecified atom stereocenters. The number of imide groups is 1. The molecule has 0 saturated heterocycles. The minimum atomic E-state index is -0.842. The van der Waals surface area contributed by atoms with E-state index in [1.165, 1.54) is 0 Å². The molecule has 1 rings (SSSR count). The lowest BCUT2D eigenvalue weighted by Crippen LogP contribution is -2.92. The number of benzene rings is 1. The molecule has 0 aromatic heterocycles. The quantitative estimate of drug-likeness (QED) is 0.746. The minimum Gasteiger partial charge on any atom is -0.351 e. The van der Waals surface area contributed by atoms with E-state index in [4.69, 9.17) is 17.3 Å². The molecule has 0 aliphatic heterocycles. The largest absolute Gasteiger partial charge is 0.351 e. The second-order valence-electron chi connectivity index (χ2n) is 4.14. The predicted octanol–water partition coefficient (Wildman–Crippen LogP) is 0.548. The van der Waals surface area contributed by atoms with Crippen LogP contribution >= 0.6 is 11.6 Å². The number of carbonyl (C=O) groups excluding carboxylic acids is 2. The number of primary amides is 1. The van der Waals surface area contributed by atoms with Crippen molar-refractivity contribution < 1.29 is 14.9 Å². The van der Waals surface area contributed by atoms with Crippen LogP contribution in [0.25, 0.3) is 0 Å². The van der Waals surface area contributed by atoms with Crippen LogP contribution < -0.4 is 16.4 Å². The van der Waals surface area contributed by atoms with Gasteiger partial charge in [0, 0.05) is 10.6 Å². The summed E-state index contributed by atoms with van der Waals surface area (Å²) in [5.74, 6) is -0.415. The van der Waals surface area contributed by atoms with E-state index < -0.39 is 18.0 Å². The molecular weight excluding hydrogens is 254 g/mol. The van der Waals surface area contributed by atoms with Crippen molar-refractivity contribution in [2.45, 2.75) is 25.9 Å². The number of hydrogen-bond donors (Lipinski definition) is 3. The summed E-state index contributed by atoms with van der Waals surface area (Å²) >= 11 is 6.07. The topological polar surface area (TPSA) is 88.8 Å². The molecule has 0 aliphatic carbocycles. The maximum atomic E-state index is 11.5. The fourth-order valence-electron chi connectivity index (χ4n) is 1.70. The number of amides is 3. The highest BCUT2D eigenvalue weighted by atomic mass is 35.5. The molecule has 3 amide bonds. The van der Waals surface area contributed by atoms with E-state index in [2.05, 4.69) is 0 Å². The number of carbonyl (C=O) groups is 2. The lowest BCUT2D eigenvalue weighted by Gasteiger charge is -2.16. The third kappa shape index (κ3) is 4.01. The monoisotopic (exact) mass is 270 g/mol. The van der Waals surface area contributed by atoms with E-state index in [0.29, 0.717) is 5.02 Å². The van der Waals surface area contributed by atoms with Crippen LogP contribution in [0.2, 0.25) is 5.02 Å². The molecular formula is C12H17ClN3O2+. The Labute approximate surface area is 111 Å². The van der Waals surface area contributed by atoms with E-state index >= 15 is 0 Å². The number of hydrogen-bond acceptors (Lipinski definition) is 2. The van der Waals surface area contributed by atoms with Crippen molar-refractivity contribution in [3.8, 4) is 0 Å². The summed E-state index contributed by atoms with van der Waals surface area (Å²) in [5, 5.41) is 4.52. The van der Waals surface area contributed by atoms with Crippen molar-refractivity contribution in [1.82, 2.24) is 5.32 Å². The molecule has 2 atom stereocenters. The summed E-state index contributed by atoms with van der Waals surface area (Å²) in [6.07, 6.45) is 0. The van der Waals surface area contributed by atoms with Gasteiger partial charge in [0.25, 0.3) is 5.91 Å². The Hall–Kier alpha value is -1.59. The number of urea groups is 1. The fourth-order valence-corrected chi connectivity index (χ4v) is 2.01. The van der Waals surface area contributed by atoms with Gasteiger partial charge >= 0.3 is 6.03 Å². The highest BCUT2D eigenvalue weighted by Gasteiger charge is 2.22. The van der Waals surface area contributed by atoms with Crippen molar-refractivity contribution in [3.05, 3.63) is 34.9 Å². The van der Waals surface area contributed by atoms with Gasteiger partial charge in [-0.1, -0.05) is 29.8 Å². The molecule has 1 aromatic carbocycles. The van der Waals surface area contributed by atoms with Crippen molar-refractivity contribution in [2.24, 2.45) is 5.73 Å². The second kappa shape index (κ2) is 6.37. The zero-order valence-corrected chi connectivity index (χ0v) is 11.1. The van der Waals surface area contributed by atoms with Crippen LogP contribution in [-0.2, 0) is 4.79 Å². The van der Waals surface area contributed by atoms with Crippen LogP contribution in [0.15, 0.2) is 24.3 Å². The normalized spacial score (nSPS) is 13.7. The van der Waals surface area contributed by atoms with Gasteiger partial charge in [-0.05, 0) is 19.9 Å². The number of rotatable bonds is 4. The van der Waals surface area contributed by atoms with Crippen LogP contribution in [0.1, 0.15) is 25.5 Å². The summed E-state index contributed by atoms with van der Waals surface area (Å²) in [6.45, 7) is 3.64. The molecule has 98 valence electrons. The Kier molecular flexibility index (Phi) is 5.12. The Morgan fingerprint density at radius 2 is 1.94 bits per heavy atom. The first-order valence-corrected chi connectivity index (χ1v) is 5.99. The first-order valence-electron chi connectivity index (χ1n) is 5.61. The minimum absolute atomic E-state index is 0.00678. The molecule has 0 heterocycles. The summed E-state index contributed by atoms with van der Waals surface area (Å²) in [4.78, 5) is 22.1. The van der Waals surface area contributed by atoms with Gasteiger partial charge in [-0.2, -0.15) is 0 Å². The van der Waals surface area contributed by atoms with Crippen molar-refractivity contribution in [3.63, 3.8) is 0 Å². The molecule has 0 fully saturated rings. The van der Waals surface area contributed by atoms with E-state index in [9.17, 15) is 9.59 Å². The molecule has 5 nitrogen and oxygen atoms in total. The molecule has 0 aliphatic rings. The number of quaternary nitrogens is 1. The van der Waals surface area contributed by atoms with E-state index in [-0.39, 0.29) is 6.04 Å². The third-order valence-electron chi connectivity index (χ3n) is 2.63. The van der Waals surface area contributed by atoms with E-state index in [0.717, 1.165) is 5.56 Å². The first-order chi connectivity index (χ1) is 8.41. The second-order valence-corrected chi connectivity index (χ2v) is 4.55. The lowest BCUT2D eigenvalue weighted by atomic mass is 10.1. The summed E-state index contributed by atoms with van der Waals surface area (Å²) in [6, 6.07) is 6.18. The molecule has 0 spiro atoms. The van der Waals surface area contributed by atoms with Gasteiger partial charge in [0.05, 0.1) is 0 Å².